The SMILES string of the molecule is COC(=O)CSCCNC(=O)C1(n2cccn2)CCNCC1.Cl. The predicted octanol–water partition coefficient (Wildman–Crippen LogP) is 0.406. The molecule has 2 N–H and O–H groups in total. The first-order valence-corrected chi connectivity index (χ1v) is 8.48. The van der Waals surface area contributed by atoms with Crippen LogP contribution in [0.5, 0.6) is 0 Å². The van der Waals surface area contributed by atoms with Gasteiger partial charge >= 0.3 is 5.97 Å². The number of thioether (sulfide) groups is 1. The van der Waals surface area contributed by atoms with Gasteiger partial charge in [0.2, 0.25) is 5.91 Å². The van der Waals surface area contributed by atoms with Gasteiger partial charge in [-0.1, -0.05) is 0 Å². The number of amides is 1. The lowest BCUT2D eigenvalue weighted by Crippen LogP contribution is -2.54. The van der Waals surface area contributed by atoms with Crippen LogP contribution in [0.4, 0.5) is 0 Å². The second kappa shape index (κ2) is 9.79. The average molecular weight is 363 g/mol. The van der Waals surface area contributed by atoms with Crippen molar-refractivity contribution in [2.45, 2.75) is 18.4 Å². The van der Waals surface area contributed by atoms with E-state index in [-0.39, 0.29) is 24.3 Å². The number of hydrogen-bond acceptors (Lipinski definition) is 6. The fraction of sp³-hybridized carbons (Fsp3) is 0.643. The number of hydrogen-bond donors (Lipinski definition) is 2. The van der Waals surface area contributed by atoms with Crippen LogP contribution in [0.3, 0.4) is 0 Å². The van der Waals surface area contributed by atoms with Crippen molar-refractivity contribution in [2.75, 3.05) is 38.2 Å². The summed E-state index contributed by atoms with van der Waals surface area (Å²) in [5.74, 6) is 0.730. The zero-order valence-corrected chi connectivity index (χ0v) is 14.8. The molecule has 1 aromatic heterocycles. The summed E-state index contributed by atoms with van der Waals surface area (Å²) in [6.45, 7) is 2.12. The van der Waals surface area contributed by atoms with Gasteiger partial charge in [0, 0.05) is 24.7 Å². The number of nitrogens with one attached hydrogen (secondary N) is 2. The maximum atomic E-state index is 12.7. The molecule has 0 bridgehead atoms. The molecule has 0 atom stereocenters. The van der Waals surface area contributed by atoms with E-state index < -0.39 is 5.54 Å². The Balaban J connectivity index is 0.00000264. The van der Waals surface area contributed by atoms with Crippen LogP contribution < -0.4 is 10.6 Å². The van der Waals surface area contributed by atoms with Crippen LogP contribution in [-0.2, 0) is 19.9 Å². The number of esters is 1. The van der Waals surface area contributed by atoms with Crippen LogP contribution in [0.1, 0.15) is 12.8 Å². The van der Waals surface area contributed by atoms with Gasteiger partial charge in [-0.05, 0) is 32.0 Å². The van der Waals surface area contributed by atoms with Crippen LogP contribution >= 0.6 is 24.2 Å². The molecule has 0 spiro atoms. The number of aromatic nitrogens is 2. The normalized spacial score (nSPS) is 16.2. The van der Waals surface area contributed by atoms with E-state index in [4.69, 9.17) is 0 Å². The van der Waals surface area contributed by atoms with E-state index >= 15 is 0 Å². The molecule has 2 heterocycles. The third-order valence-electron chi connectivity index (χ3n) is 3.78. The summed E-state index contributed by atoms with van der Waals surface area (Å²) < 4.78 is 6.34. The lowest BCUT2D eigenvalue weighted by Gasteiger charge is -2.36. The molecule has 9 heteroatoms. The Morgan fingerprint density at radius 3 is 2.78 bits per heavy atom. The fourth-order valence-electron chi connectivity index (χ4n) is 2.54. The fourth-order valence-corrected chi connectivity index (χ4v) is 3.21. The number of methoxy groups -OCH3 is 1. The van der Waals surface area contributed by atoms with E-state index in [0.717, 1.165) is 25.9 Å². The van der Waals surface area contributed by atoms with Crippen LogP contribution in [0.25, 0.3) is 0 Å². The third-order valence-corrected chi connectivity index (χ3v) is 4.71. The van der Waals surface area contributed by atoms with Gasteiger partial charge in [-0.25, -0.2) is 0 Å². The van der Waals surface area contributed by atoms with Crippen molar-refractivity contribution in [3.8, 4) is 0 Å². The Hall–Kier alpha value is -1.25. The highest BCUT2D eigenvalue weighted by Crippen LogP contribution is 2.27. The first kappa shape index (κ1) is 19.8. The Bertz CT molecular complexity index is 492. The topological polar surface area (TPSA) is 85.2 Å². The number of carbonyl (C=O) groups is 2. The van der Waals surface area contributed by atoms with E-state index in [0.29, 0.717) is 18.1 Å². The molecule has 1 aromatic rings. The molecule has 2 rings (SSSR count). The first-order chi connectivity index (χ1) is 10.7. The van der Waals surface area contributed by atoms with Gasteiger partial charge in [-0.2, -0.15) is 5.10 Å². The molecule has 23 heavy (non-hydrogen) atoms. The van der Waals surface area contributed by atoms with Crippen molar-refractivity contribution < 1.29 is 14.3 Å². The summed E-state index contributed by atoms with van der Waals surface area (Å²) in [5.41, 5.74) is -0.609. The highest BCUT2D eigenvalue weighted by molar-refractivity contribution is 7.99. The standard InChI is InChI=1S/C14H22N4O3S.ClH/c1-21-12(19)11-22-10-8-16-13(20)14(3-6-15-7-4-14)18-9-2-5-17-18;/h2,5,9,15H,3-4,6-8,10-11H2,1H3,(H,16,20);1H. The Morgan fingerprint density at radius 1 is 1.43 bits per heavy atom. The molecule has 1 fully saturated rings. The molecule has 1 aliphatic rings. The van der Waals surface area contributed by atoms with Crippen LogP contribution in [0.15, 0.2) is 18.5 Å². The Labute approximate surface area is 146 Å². The molecule has 1 aliphatic heterocycles. The highest BCUT2D eigenvalue weighted by Gasteiger charge is 2.41. The summed E-state index contributed by atoms with van der Waals surface area (Å²) in [6, 6.07) is 1.84. The van der Waals surface area contributed by atoms with Gasteiger partial charge in [0.1, 0.15) is 5.54 Å². The van der Waals surface area contributed by atoms with Crippen molar-refractivity contribution in [1.82, 2.24) is 20.4 Å². The minimum absolute atomic E-state index is 0. The molecule has 7 nitrogen and oxygen atoms in total. The maximum Gasteiger partial charge on any atom is 0.315 e. The smallest absolute Gasteiger partial charge is 0.315 e. The Morgan fingerprint density at radius 2 is 2.17 bits per heavy atom. The van der Waals surface area contributed by atoms with Gasteiger partial charge in [0.25, 0.3) is 0 Å². The van der Waals surface area contributed by atoms with Crippen LogP contribution in [0, 0.1) is 0 Å². The van der Waals surface area contributed by atoms with E-state index in [1.807, 2.05) is 12.3 Å². The molecule has 0 saturated carbocycles. The van der Waals surface area contributed by atoms with Gasteiger partial charge in [0.15, 0.2) is 0 Å². The minimum atomic E-state index is -0.609. The molecule has 0 radical (unpaired) electrons. The summed E-state index contributed by atoms with van der Waals surface area (Å²) in [7, 11) is 1.37. The number of nitrogens with zero attached hydrogens (tertiary/aromatic N) is 2. The summed E-state index contributed by atoms with van der Waals surface area (Å²) in [4.78, 5) is 23.7. The largest absolute Gasteiger partial charge is 0.468 e. The lowest BCUT2D eigenvalue weighted by atomic mass is 9.87. The second-order valence-corrected chi connectivity index (χ2v) is 6.22. The first-order valence-electron chi connectivity index (χ1n) is 7.33. The Kier molecular flexibility index (Phi) is 8.43. The van der Waals surface area contributed by atoms with Crippen molar-refractivity contribution in [3.63, 3.8) is 0 Å². The molecular formula is C14H23ClN4O3S. The molecule has 0 unspecified atom stereocenters. The number of rotatable bonds is 7. The van der Waals surface area contributed by atoms with Gasteiger partial charge in [-0.3, -0.25) is 14.3 Å². The lowest BCUT2D eigenvalue weighted by molar-refractivity contribution is -0.137. The number of piperidine rings is 1. The molecule has 1 saturated heterocycles. The zero-order valence-electron chi connectivity index (χ0n) is 13.1. The number of carbonyl (C=O) groups excluding carboxylic acids is 2. The predicted molar refractivity (Wildman–Crippen MR) is 91.9 cm³/mol. The molecule has 1 amide bonds. The van der Waals surface area contributed by atoms with E-state index in [1.165, 1.54) is 18.9 Å². The second-order valence-electron chi connectivity index (χ2n) is 5.12. The van der Waals surface area contributed by atoms with E-state index in [1.54, 1.807) is 10.9 Å². The number of ether oxygens (including phenoxy) is 1. The van der Waals surface area contributed by atoms with Crippen molar-refractivity contribution in [3.05, 3.63) is 18.5 Å². The van der Waals surface area contributed by atoms with Crippen LogP contribution in [0.2, 0.25) is 0 Å². The minimum Gasteiger partial charge on any atom is -0.468 e. The van der Waals surface area contributed by atoms with Gasteiger partial charge in [-0.15, -0.1) is 24.2 Å². The number of halogens is 1. The van der Waals surface area contributed by atoms with Crippen molar-refractivity contribution in [1.29, 1.82) is 0 Å². The molecule has 130 valence electrons. The summed E-state index contributed by atoms with van der Waals surface area (Å²) >= 11 is 1.45. The van der Waals surface area contributed by atoms with Gasteiger partial charge < -0.3 is 15.4 Å². The maximum absolute atomic E-state index is 12.7. The molecule has 0 aliphatic carbocycles. The van der Waals surface area contributed by atoms with Gasteiger partial charge in [0.05, 0.1) is 12.9 Å². The molecule has 0 aromatic carbocycles. The average Bonchev–Trinajstić information content (AvgIpc) is 3.09. The quantitative estimate of drug-likeness (QED) is 0.539. The summed E-state index contributed by atoms with van der Waals surface area (Å²) in [5, 5.41) is 10.5. The highest BCUT2D eigenvalue weighted by atomic mass is 35.5. The van der Waals surface area contributed by atoms with Crippen molar-refractivity contribution in [2.24, 2.45) is 0 Å². The van der Waals surface area contributed by atoms with Crippen molar-refractivity contribution >= 4 is 36.0 Å². The third kappa shape index (κ3) is 5.12. The molecular weight excluding hydrogens is 340 g/mol. The summed E-state index contributed by atoms with van der Waals surface area (Å²) in [6.07, 6.45) is 4.98. The van der Waals surface area contributed by atoms with E-state index in [9.17, 15) is 9.59 Å². The monoisotopic (exact) mass is 362 g/mol. The zero-order chi connectivity index (χ0) is 15.8. The van der Waals surface area contributed by atoms with E-state index in [2.05, 4.69) is 20.5 Å². The van der Waals surface area contributed by atoms with Crippen LogP contribution in [-0.4, -0.2) is 59.9 Å².